The van der Waals surface area contributed by atoms with Crippen molar-refractivity contribution in [2.24, 2.45) is 5.41 Å². The smallest absolute Gasteiger partial charge is 0.444 e. The summed E-state index contributed by atoms with van der Waals surface area (Å²) in [4.78, 5) is 27.8. The lowest BCUT2D eigenvalue weighted by Gasteiger charge is -2.30. The van der Waals surface area contributed by atoms with Gasteiger partial charge >= 0.3 is 12.5 Å². The molecule has 2 heterocycles. The van der Waals surface area contributed by atoms with Gasteiger partial charge in [-0.3, -0.25) is 9.69 Å². The summed E-state index contributed by atoms with van der Waals surface area (Å²) in [5.74, 6) is -2.77. The molecule has 2 saturated heterocycles. The molecular formula is C25H31F4NO6. The largest absolute Gasteiger partial charge is 0.573 e. The molecule has 0 spiro atoms. The van der Waals surface area contributed by atoms with E-state index in [1.54, 1.807) is 20.8 Å². The van der Waals surface area contributed by atoms with Crippen molar-refractivity contribution in [3.63, 3.8) is 0 Å². The summed E-state index contributed by atoms with van der Waals surface area (Å²) < 4.78 is 73.4. The summed E-state index contributed by atoms with van der Waals surface area (Å²) in [6, 6.07) is 2.05. The Labute approximate surface area is 207 Å². The molecule has 11 heteroatoms. The Morgan fingerprint density at radius 3 is 2.56 bits per heavy atom. The minimum Gasteiger partial charge on any atom is -0.444 e. The van der Waals surface area contributed by atoms with E-state index in [-0.39, 0.29) is 17.9 Å². The Morgan fingerprint density at radius 1 is 1.17 bits per heavy atom. The summed E-state index contributed by atoms with van der Waals surface area (Å²) >= 11 is 0. The number of ketones is 1. The fraction of sp³-hybridized carbons (Fsp3) is 0.680. The van der Waals surface area contributed by atoms with Crippen LogP contribution in [0.5, 0.6) is 5.75 Å². The molecule has 1 aromatic rings. The summed E-state index contributed by atoms with van der Waals surface area (Å²) in [5, 5.41) is 0. The van der Waals surface area contributed by atoms with Crippen LogP contribution >= 0.6 is 0 Å². The molecular weight excluding hydrogens is 486 g/mol. The monoisotopic (exact) mass is 517 g/mol. The van der Waals surface area contributed by atoms with Crippen LogP contribution in [0.3, 0.4) is 0 Å². The number of amides is 1. The average molecular weight is 518 g/mol. The van der Waals surface area contributed by atoms with E-state index in [1.165, 1.54) is 17.0 Å². The van der Waals surface area contributed by atoms with Gasteiger partial charge in [-0.25, -0.2) is 9.18 Å². The molecule has 1 unspecified atom stereocenters. The molecule has 0 radical (unpaired) electrons. The highest BCUT2D eigenvalue weighted by atomic mass is 19.4. The maximum absolute atomic E-state index is 14.7. The van der Waals surface area contributed by atoms with Gasteiger partial charge in [0.25, 0.3) is 0 Å². The van der Waals surface area contributed by atoms with Crippen LogP contribution in [0, 0.1) is 11.2 Å². The first-order valence-electron chi connectivity index (χ1n) is 12.1. The number of benzene rings is 1. The van der Waals surface area contributed by atoms with Crippen molar-refractivity contribution < 1.29 is 46.1 Å². The topological polar surface area (TPSA) is 74.3 Å². The molecule has 1 aromatic carbocycles. The number of carbonyl (C=O) groups excluding carboxylic acids is 2. The third kappa shape index (κ3) is 6.11. The standard InChI is InChI=1S/C25H31F4NO6/c1-23(2,3)36-22(32)30-16(12-24(13-19(24)30)14-34-20-9-4-5-10-33-20)17(31)11-15-7-6-8-18(21(15)26)35-25(27,28)29/h6-8,16,19-20H,4-5,9-14H2,1-3H3/t16-,19+,20?,24-/m0/s1. The summed E-state index contributed by atoms with van der Waals surface area (Å²) in [6.45, 7) is 6.05. The SMILES string of the molecule is CC(C)(C)OC(=O)N1[C@H](C(=O)Cc2cccc(OC(F)(F)F)c2F)C[C@@]2(COC3CCCCO3)C[C@@H]12. The van der Waals surface area contributed by atoms with Gasteiger partial charge in [-0.15, -0.1) is 13.2 Å². The first-order chi connectivity index (χ1) is 16.8. The van der Waals surface area contributed by atoms with Crippen LogP contribution < -0.4 is 4.74 Å². The molecule has 1 aliphatic carbocycles. The highest BCUT2D eigenvalue weighted by Crippen LogP contribution is 2.60. The van der Waals surface area contributed by atoms with Crippen LogP contribution in [-0.2, 0) is 25.4 Å². The van der Waals surface area contributed by atoms with Gasteiger partial charge in [-0.05, 0) is 64.5 Å². The predicted molar refractivity (Wildman–Crippen MR) is 119 cm³/mol. The molecule has 0 N–H and O–H groups in total. The van der Waals surface area contributed by atoms with Crippen LogP contribution in [0.2, 0.25) is 0 Å². The Bertz CT molecular complexity index is 988. The fourth-order valence-electron chi connectivity index (χ4n) is 4.99. The molecule has 36 heavy (non-hydrogen) atoms. The number of rotatable bonds is 7. The number of ether oxygens (including phenoxy) is 4. The van der Waals surface area contributed by atoms with Crippen molar-refractivity contribution in [2.45, 2.75) is 89.6 Å². The average Bonchev–Trinajstić information content (AvgIpc) is 3.37. The second-order valence-electron chi connectivity index (χ2n) is 10.7. The maximum atomic E-state index is 14.7. The molecule has 0 aromatic heterocycles. The van der Waals surface area contributed by atoms with E-state index in [4.69, 9.17) is 14.2 Å². The third-order valence-corrected chi connectivity index (χ3v) is 6.72. The zero-order chi connectivity index (χ0) is 26.3. The van der Waals surface area contributed by atoms with Gasteiger partial charge in [0.15, 0.2) is 23.6 Å². The predicted octanol–water partition coefficient (Wildman–Crippen LogP) is 5.15. The Kier molecular flexibility index (Phi) is 7.27. The number of halogens is 4. The van der Waals surface area contributed by atoms with Crippen LogP contribution in [-0.4, -0.2) is 60.3 Å². The normalized spacial score (nSPS) is 28.0. The van der Waals surface area contributed by atoms with E-state index < -0.39 is 53.3 Å². The molecule has 0 bridgehead atoms. The van der Waals surface area contributed by atoms with Gasteiger partial charge in [-0.2, -0.15) is 0 Å². The minimum atomic E-state index is -5.07. The van der Waals surface area contributed by atoms with E-state index in [0.717, 1.165) is 25.3 Å². The van der Waals surface area contributed by atoms with Gasteiger partial charge in [0.05, 0.1) is 12.6 Å². The fourth-order valence-corrected chi connectivity index (χ4v) is 4.99. The molecule has 2 aliphatic heterocycles. The van der Waals surface area contributed by atoms with Gasteiger partial charge in [0.1, 0.15) is 5.60 Å². The summed E-state index contributed by atoms with van der Waals surface area (Å²) in [7, 11) is 0. The van der Waals surface area contributed by atoms with Crippen LogP contribution in [0.25, 0.3) is 0 Å². The van der Waals surface area contributed by atoms with Gasteiger partial charge in [0, 0.05) is 24.5 Å². The molecule has 7 nitrogen and oxygen atoms in total. The van der Waals surface area contributed by atoms with Crippen molar-refractivity contribution in [1.82, 2.24) is 4.90 Å². The molecule has 1 amide bonds. The van der Waals surface area contributed by atoms with Crippen molar-refractivity contribution >= 4 is 11.9 Å². The minimum absolute atomic E-state index is 0.243. The molecule has 3 aliphatic rings. The van der Waals surface area contributed by atoms with E-state index in [2.05, 4.69) is 4.74 Å². The van der Waals surface area contributed by atoms with Crippen molar-refractivity contribution in [2.75, 3.05) is 13.2 Å². The van der Waals surface area contributed by atoms with Gasteiger partial charge < -0.3 is 18.9 Å². The number of hydrogen-bond acceptors (Lipinski definition) is 6. The summed E-state index contributed by atoms with van der Waals surface area (Å²) in [5.41, 5.74) is -1.49. The van der Waals surface area contributed by atoms with Crippen LogP contribution in [0.4, 0.5) is 22.4 Å². The first-order valence-corrected chi connectivity index (χ1v) is 12.1. The van der Waals surface area contributed by atoms with E-state index in [9.17, 15) is 27.2 Å². The molecule has 4 atom stereocenters. The molecule has 1 saturated carbocycles. The van der Waals surface area contributed by atoms with Crippen LogP contribution in [0.15, 0.2) is 18.2 Å². The zero-order valence-corrected chi connectivity index (χ0v) is 20.5. The second-order valence-corrected chi connectivity index (χ2v) is 10.7. The van der Waals surface area contributed by atoms with Gasteiger partial charge in [-0.1, -0.05) is 12.1 Å². The molecule has 4 rings (SSSR count). The van der Waals surface area contributed by atoms with E-state index >= 15 is 0 Å². The van der Waals surface area contributed by atoms with Crippen LogP contribution in [0.1, 0.15) is 58.4 Å². The lowest BCUT2D eigenvalue weighted by atomic mass is 9.94. The number of likely N-dealkylation sites (tertiary alicyclic amines) is 1. The zero-order valence-electron chi connectivity index (χ0n) is 20.5. The third-order valence-electron chi connectivity index (χ3n) is 6.72. The lowest BCUT2D eigenvalue weighted by Crippen LogP contribution is -2.46. The number of carbonyl (C=O) groups is 2. The number of fused-ring (bicyclic) bond motifs is 1. The van der Waals surface area contributed by atoms with Crippen molar-refractivity contribution in [3.8, 4) is 5.75 Å². The lowest BCUT2D eigenvalue weighted by molar-refractivity contribution is -0.275. The highest BCUT2D eigenvalue weighted by Gasteiger charge is 2.68. The highest BCUT2D eigenvalue weighted by molar-refractivity contribution is 5.90. The van der Waals surface area contributed by atoms with Crippen molar-refractivity contribution in [1.29, 1.82) is 0 Å². The molecule has 200 valence electrons. The van der Waals surface area contributed by atoms with E-state index in [1.807, 2.05) is 0 Å². The maximum Gasteiger partial charge on any atom is 0.573 e. The number of alkyl halides is 3. The van der Waals surface area contributed by atoms with E-state index in [0.29, 0.717) is 26.1 Å². The van der Waals surface area contributed by atoms with Gasteiger partial charge in [0.2, 0.25) is 0 Å². The number of nitrogens with zero attached hydrogens (tertiary/aromatic N) is 1. The summed E-state index contributed by atoms with van der Waals surface area (Å²) in [6.07, 6.45) is -2.89. The second kappa shape index (κ2) is 9.81. The Hall–Kier alpha value is -2.40. The number of piperidine rings is 1. The van der Waals surface area contributed by atoms with Crippen molar-refractivity contribution in [3.05, 3.63) is 29.6 Å². The Balaban J connectivity index is 1.50. The number of hydrogen-bond donors (Lipinski definition) is 0. The first kappa shape index (κ1) is 26.7. The molecule has 3 fully saturated rings. The Morgan fingerprint density at radius 2 is 1.92 bits per heavy atom. The quantitative estimate of drug-likeness (QED) is 0.466. The number of Topliss-reactive ketones (excluding diaryl/α,β-unsaturated/α-hetero) is 1.